The molecule has 1 rings (SSSR count). The Morgan fingerprint density at radius 1 is 1.36 bits per heavy atom. The summed E-state index contributed by atoms with van der Waals surface area (Å²) < 4.78 is 0. The second kappa shape index (κ2) is 3.70. The Labute approximate surface area is 68.5 Å². The van der Waals surface area contributed by atoms with Crippen LogP contribution >= 0.6 is 0 Å². The van der Waals surface area contributed by atoms with Crippen LogP contribution in [0.25, 0.3) is 0 Å². The summed E-state index contributed by atoms with van der Waals surface area (Å²) in [6.07, 6.45) is 5.15. The van der Waals surface area contributed by atoms with Crippen molar-refractivity contribution in [2.24, 2.45) is 0 Å². The predicted molar refractivity (Wildman–Crippen MR) is 46.5 cm³/mol. The van der Waals surface area contributed by atoms with Gasteiger partial charge in [0.2, 0.25) is 0 Å². The predicted octanol–water partition coefficient (Wildman–Crippen LogP) is 2.86. The summed E-state index contributed by atoms with van der Waals surface area (Å²) >= 11 is 0. The number of rotatable bonds is 3. The summed E-state index contributed by atoms with van der Waals surface area (Å²) in [7, 11) is 0. The third-order valence-corrected chi connectivity index (χ3v) is 2.42. The van der Waals surface area contributed by atoms with E-state index in [1.807, 2.05) is 6.92 Å². The average Bonchev–Trinajstić information content (AvgIpc) is 2.50. The fourth-order valence-corrected chi connectivity index (χ4v) is 1.75. The van der Waals surface area contributed by atoms with Crippen LogP contribution in [0.1, 0.15) is 46.0 Å². The first-order chi connectivity index (χ1) is 5.29. The fourth-order valence-electron chi connectivity index (χ4n) is 1.75. The first-order valence-corrected chi connectivity index (χ1v) is 4.53. The summed E-state index contributed by atoms with van der Waals surface area (Å²) in [5, 5.41) is 0. The van der Waals surface area contributed by atoms with E-state index in [2.05, 4.69) is 6.92 Å². The maximum absolute atomic E-state index is 11.3. The van der Waals surface area contributed by atoms with Gasteiger partial charge in [-0.05, 0) is 31.3 Å². The standard InChI is InChI=1S/C10H16O/c1-3-8-6-5-7-9(8)10(11)4-2/h3-7H2,1-2H3. The normalized spacial score (nSPS) is 17.6. The zero-order chi connectivity index (χ0) is 8.27. The molecule has 0 saturated carbocycles. The van der Waals surface area contributed by atoms with Gasteiger partial charge in [-0.15, -0.1) is 0 Å². The van der Waals surface area contributed by atoms with Crippen LogP contribution in [0.3, 0.4) is 0 Å². The van der Waals surface area contributed by atoms with Crippen LogP contribution in [-0.4, -0.2) is 5.78 Å². The molecular weight excluding hydrogens is 136 g/mol. The van der Waals surface area contributed by atoms with Crippen LogP contribution in [0.5, 0.6) is 0 Å². The lowest BCUT2D eigenvalue weighted by Gasteiger charge is -2.01. The van der Waals surface area contributed by atoms with Gasteiger partial charge in [-0.2, -0.15) is 0 Å². The Bertz CT molecular complexity index is 189. The zero-order valence-electron chi connectivity index (χ0n) is 7.44. The molecule has 0 amide bonds. The molecule has 0 bridgehead atoms. The molecule has 0 aromatic heterocycles. The van der Waals surface area contributed by atoms with Gasteiger partial charge in [0.1, 0.15) is 0 Å². The third kappa shape index (κ3) is 1.70. The van der Waals surface area contributed by atoms with Crippen LogP contribution in [0, 0.1) is 0 Å². The molecule has 0 saturated heterocycles. The highest BCUT2D eigenvalue weighted by molar-refractivity contribution is 5.96. The van der Waals surface area contributed by atoms with E-state index in [1.165, 1.54) is 12.0 Å². The molecule has 11 heavy (non-hydrogen) atoms. The van der Waals surface area contributed by atoms with Crippen molar-refractivity contribution in [1.82, 2.24) is 0 Å². The molecule has 1 nitrogen and oxygen atoms in total. The van der Waals surface area contributed by atoms with Crippen LogP contribution in [0.15, 0.2) is 11.1 Å². The van der Waals surface area contributed by atoms with Crippen molar-refractivity contribution in [2.45, 2.75) is 46.0 Å². The largest absolute Gasteiger partial charge is 0.295 e. The Hall–Kier alpha value is -0.590. The SMILES string of the molecule is CCC(=O)C1=C(CC)CCC1. The minimum absolute atomic E-state index is 0.374. The topological polar surface area (TPSA) is 17.1 Å². The number of ketones is 1. The number of allylic oxidation sites excluding steroid dienone is 2. The first kappa shape index (κ1) is 8.51. The number of hydrogen-bond donors (Lipinski definition) is 0. The Kier molecular flexibility index (Phi) is 2.86. The highest BCUT2D eigenvalue weighted by Gasteiger charge is 2.17. The highest BCUT2D eigenvalue weighted by atomic mass is 16.1. The van der Waals surface area contributed by atoms with Gasteiger partial charge >= 0.3 is 0 Å². The lowest BCUT2D eigenvalue weighted by atomic mass is 10.0. The molecule has 1 aliphatic carbocycles. The van der Waals surface area contributed by atoms with Gasteiger partial charge in [0.05, 0.1) is 0 Å². The summed E-state index contributed by atoms with van der Waals surface area (Å²) in [5.74, 6) is 0.374. The molecular formula is C10H16O. The van der Waals surface area contributed by atoms with E-state index in [9.17, 15) is 4.79 Å². The van der Waals surface area contributed by atoms with Gasteiger partial charge in [0.25, 0.3) is 0 Å². The van der Waals surface area contributed by atoms with E-state index in [0.29, 0.717) is 12.2 Å². The molecule has 0 aromatic rings. The monoisotopic (exact) mass is 152 g/mol. The minimum atomic E-state index is 0.374. The Morgan fingerprint density at radius 2 is 2.09 bits per heavy atom. The van der Waals surface area contributed by atoms with E-state index >= 15 is 0 Å². The summed E-state index contributed by atoms with van der Waals surface area (Å²) in [4.78, 5) is 11.3. The molecule has 0 heterocycles. The van der Waals surface area contributed by atoms with E-state index in [1.54, 1.807) is 0 Å². The number of hydrogen-bond acceptors (Lipinski definition) is 1. The fraction of sp³-hybridized carbons (Fsp3) is 0.700. The van der Waals surface area contributed by atoms with Crippen molar-refractivity contribution in [3.63, 3.8) is 0 Å². The molecule has 0 radical (unpaired) electrons. The molecule has 0 aromatic carbocycles. The van der Waals surface area contributed by atoms with E-state index in [-0.39, 0.29) is 0 Å². The van der Waals surface area contributed by atoms with Crippen LogP contribution < -0.4 is 0 Å². The van der Waals surface area contributed by atoms with Crippen LogP contribution in [0.2, 0.25) is 0 Å². The number of carbonyl (C=O) groups excluding carboxylic acids is 1. The maximum Gasteiger partial charge on any atom is 0.158 e. The Balaban J connectivity index is 2.74. The molecule has 1 heteroatoms. The molecule has 0 N–H and O–H groups in total. The minimum Gasteiger partial charge on any atom is -0.295 e. The summed E-state index contributed by atoms with van der Waals surface area (Å²) in [6.45, 7) is 4.09. The van der Waals surface area contributed by atoms with Crippen LogP contribution in [-0.2, 0) is 4.79 Å². The Morgan fingerprint density at radius 3 is 2.64 bits per heavy atom. The van der Waals surface area contributed by atoms with Crippen molar-refractivity contribution in [3.8, 4) is 0 Å². The van der Waals surface area contributed by atoms with Crippen molar-refractivity contribution < 1.29 is 4.79 Å². The molecule has 0 fully saturated rings. The van der Waals surface area contributed by atoms with E-state index < -0.39 is 0 Å². The molecule has 0 aliphatic heterocycles. The number of carbonyl (C=O) groups is 1. The second-order valence-electron chi connectivity index (χ2n) is 3.07. The van der Waals surface area contributed by atoms with E-state index in [0.717, 1.165) is 24.8 Å². The second-order valence-corrected chi connectivity index (χ2v) is 3.07. The third-order valence-electron chi connectivity index (χ3n) is 2.42. The lowest BCUT2D eigenvalue weighted by molar-refractivity contribution is -0.115. The molecule has 0 atom stereocenters. The van der Waals surface area contributed by atoms with Gasteiger partial charge < -0.3 is 0 Å². The quantitative estimate of drug-likeness (QED) is 0.607. The van der Waals surface area contributed by atoms with Gasteiger partial charge in [-0.25, -0.2) is 0 Å². The summed E-state index contributed by atoms with van der Waals surface area (Å²) in [5.41, 5.74) is 2.56. The first-order valence-electron chi connectivity index (χ1n) is 4.53. The van der Waals surface area contributed by atoms with Crippen molar-refractivity contribution in [2.75, 3.05) is 0 Å². The average molecular weight is 152 g/mol. The van der Waals surface area contributed by atoms with Crippen LogP contribution in [0.4, 0.5) is 0 Å². The van der Waals surface area contributed by atoms with Crippen molar-refractivity contribution >= 4 is 5.78 Å². The zero-order valence-corrected chi connectivity index (χ0v) is 7.44. The van der Waals surface area contributed by atoms with Gasteiger partial charge in [0, 0.05) is 6.42 Å². The molecule has 0 spiro atoms. The number of Topliss-reactive ketones (excluding diaryl/α,β-unsaturated/α-hetero) is 1. The lowest BCUT2D eigenvalue weighted by Crippen LogP contribution is -1.99. The molecule has 1 aliphatic rings. The molecule has 62 valence electrons. The van der Waals surface area contributed by atoms with Gasteiger partial charge in [-0.3, -0.25) is 4.79 Å². The summed E-state index contributed by atoms with van der Waals surface area (Å²) in [6, 6.07) is 0. The van der Waals surface area contributed by atoms with Gasteiger partial charge in [-0.1, -0.05) is 19.4 Å². The van der Waals surface area contributed by atoms with Gasteiger partial charge in [0.15, 0.2) is 5.78 Å². The highest BCUT2D eigenvalue weighted by Crippen LogP contribution is 2.29. The van der Waals surface area contributed by atoms with Crippen molar-refractivity contribution in [3.05, 3.63) is 11.1 Å². The van der Waals surface area contributed by atoms with E-state index in [4.69, 9.17) is 0 Å². The van der Waals surface area contributed by atoms with Crippen molar-refractivity contribution in [1.29, 1.82) is 0 Å². The molecule has 0 unspecified atom stereocenters. The maximum atomic E-state index is 11.3. The smallest absolute Gasteiger partial charge is 0.158 e.